The topological polar surface area (TPSA) is 162 Å². The normalized spacial score (nSPS) is 13.1. The fraction of sp³-hybridized carbons (Fsp3) is 0. The van der Waals surface area contributed by atoms with Gasteiger partial charge in [0.15, 0.2) is 0 Å². The van der Waals surface area contributed by atoms with Gasteiger partial charge in [-0.1, -0.05) is 0 Å². The minimum atomic E-state index is -5.86. The lowest BCUT2D eigenvalue weighted by Gasteiger charge is -2.32. The van der Waals surface area contributed by atoms with E-state index in [1.54, 1.807) is 9.44 Å². The Kier molecular flexibility index (Phi) is 4.14. The van der Waals surface area contributed by atoms with Gasteiger partial charge in [-0.3, -0.25) is 8.42 Å². The number of halogens is 2. The van der Waals surface area contributed by atoms with Crippen molar-refractivity contribution in [3.8, 4) is 0 Å². The number of carbonyl (C=O) groups excluding carboxylic acids is 1. The fourth-order valence-electron chi connectivity index (χ4n) is 0.338. The first-order valence-electron chi connectivity index (χ1n) is 2.69. The van der Waals surface area contributed by atoms with Crippen LogP contribution in [-0.2, 0) is 31.0 Å². The van der Waals surface area contributed by atoms with Crippen molar-refractivity contribution in [1.82, 2.24) is 0 Å². The highest BCUT2D eigenvalue weighted by Crippen LogP contribution is 2.20. The van der Waals surface area contributed by atoms with Gasteiger partial charge in [0.2, 0.25) is 10.4 Å². The summed E-state index contributed by atoms with van der Waals surface area (Å²) in [6, 6.07) is -2.42. The zero-order valence-electron chi connectivity index (χ0n) is 6.68. The van der Waals surface area contributed by atoms with E-state index < -0.39 is 37.1 Å². The van der Waals surface area contributed by atoms with E-state index in [0.717, 1.165) is 0 Å². The van der Waals surface area contributed by atoms with Crippen LogP contribution in [0.4, 0.5) is 12.6 Å². The van der Waals surface area contributed by atoms with Crippen molar-refractivity contribution in [2.75, 3.05) is 0 Å². The van der Waals surface area contributed by atoms with Crippen molar-refractivity contribution < 1.29 is 37.8 Å². The molecule has 0 saturated carbocycles. The maximum atomic E-state index is 11.7. The average molecular weight is 300 g/mol. The van der Waals surface area contributed by atoms with E-state index in [1.807, 2.05) is 0 Å². The Balaban J connectivity index is 4.70. The predicted octanol–water partition coefficient (Wildman–Crippen LogP) is -0.0991. The van der Waals surface area contributed by atoms with Crippen molar-refractivity contribution in [2.24, 2.45) is 0 Å². The number of nitrogens with zero attached hydrogens (tertiary/aromatic N) is 3. The molecule has 0 aromatic carbocycles. The van der Waals surface area contributed by atoms with Crippen LogP contribution in [0.3, 0.4) is 0 Å². The Labute approximate surface area is 88.9 Å². The summed E-state index contributed by atoms with van der Waals surface area (Å²) in [5.41, 5.74) is 0. The second kappa shape index (κ2) is 4.44. The monoisotopic (exact) mass is 300 g/mol. The summed E-state index contributed by atoms with van der Waals surface area (Å²) in [4.78, 5) is 10.3. The highest BCUT2D eigenvalue weighted by molar-refractivity contribution is 8.11. The second-order valence-electron chi connectivity index (χ2n) is 1.81. The van der Waals surface area contributed by atoms with Gasteiger partial charge < -0.3 is 18.4 Å². The number of hydrogen-bond acceptors (Lipinski definition) is 7. The Morgan fingerprint density at radius 1 is 0.812 bits per heavy atom. The van der Waals surface area contributed by atoms with Crippen LogP contribution in [0.1, 0.15) is 0 Å². The molecule has 96 valence electrons. The molecule has 0 radical (unpaired) electrons. The molecule has 0 saturated heterocycles. The fourth-order valence-corrected chi connectivity index (χ4v) is 1.89. The van der Waals surface area contributed by atoms with Gasteiger partial charge in [-0.15, -0.1) is 7.77 Å². The molecule has 0 aliphatic rings. The zero-order chi connectivity index (χ0) is 13.2. The molecule has 0 fully saturated rings. The van der Waals surface area contributed by atoms with Crippen LogP contribution in [0.2, 0.25) is 0 Å². The highest BCUT2D eigenvalue weighted by Gasteiger charge is 1.99. The van der Waals surface area contributed by atoms with Crippen molar-refractivity contribution in [1.29, 1.82) is 0 Å². The van der Waals surface area contributed by atoms with Crippen LogP contribution < -0.4 is 0 Å². The van der Waals surface area contributed by atoms with Gasteiger partial charge in [0.05, 0.1) is 0 Å². The lowest BCUT2D eigenvalue weighted by Crippen LogP contribution is -2.07. The minimum absolute atomic E-state index is 1.42. The first-order valence-corrected chi connectivity index (χ1v) is 6.77. The van der Waals surface area contributed by atoms with Crippen LogP contribution in [0, 0.1) is 0 Å². The summed E-state index contributed by atoms with van der Waals surface area (Å²) >= 11 is 0. The molecule has 10 nitrogen and oxygen atoms in total. The van der Waals surface area contributed by atoms with E-state index in [4.69, 9.17) is 0 Å². The number of urea groups is 1. The van der Waals surface area contributed by atoms with Gasteiger partial charge in [-0.25, -0.2) is 16.8 Å². The van der Waals surface area contributed by atoms with E-state index in [0.29, 0.717) is 0 Å². The minimum Gasteiger partial charge on any atom is -0.578 e. The molecule has 0 heterocycles. The van der Waals surface area contributed by atoms with Crippen LogP contribution in [0.15, 0.2) is 0 Å². The van der Waals surface area contributed by atoms with Crippen LogP contribution in [0.25, 0.3) is 13.6 Å². The van der Waals surface area contributed by atoms with Gasteiger partial charge in [0.1, 0.15) is 0 Å². The zero-order valence-corrected chi connectivity index (χ0v) is 9.13. The third-order valence-corrected chi connectivity index (χ3v) is 2.79. The molecule has 16 heavy (non-hydrogen) atoms. The number of carbonyl (C=O) groups is 1. The third-order valence-electron chi connectivity index (χ3n) is 0.564. The Morgan fingerprint density at radius 3 is 1.56 bits per heavy atom. The quantitative estimate of drug-likeness (QED) is 0.654. The smallest absolute Gasteiger partial charge is 0.252 e. The molecule has 0 aromatic rings. The lowest BCUT2D eigenvalue weighted by molar-refractivity contribution is 0.266. The van der Waals surface area contributed by atoms with Gasteiger partial charge in [0, 0.05) is 10.2 Å². The molecule has 15 heteroatoms. The van der Waals surface area contributed by atoms with Gasteiger partial charge >= 0.3 is 0 Å². The van der Waals surface area contributed by atoms with Gasteiger partial charge in [0.25, 0.3) is 10.4 Å². The molecular formula is CF2N3O7S3-3. The first-order chi connectivity index (χ1) is 6.81. The molecular weight excluding hydrogens is 300 g/mol. The summed E-state index contributed by atoms with van der Waals surface area (Å²) in [5.74, 6) is 0. The third kappa shape index (κ3) is 8.26. The van der Waals surface area contributed by atoms with Gasteiger partial charge in [-0.2, -0.15) is 0 Å². The largest absolute Gasteiger partial charge is 0.578 e. The van der Waals surface area contributed by atoms with E-state index in [9.17, 15) is 37.8 Å². The maximum Gasteiger partial charge on any atom is 0.252 e. The molecule has 0 unspecified atom stereocenters. The van der Waals surface area contributed by atoms with Crippen molar-refractivity contribution in [3.05, 3.63) is 13.6 Å². The van der Waals surface area contributed by atoms with Crippen molar-refractivity contribution in [3.63, 3.8) is 0 Å². The SMILES string of the molecule is O=C([N-]S(=O)(=O)F)[N-]S(=O)(=O)[N-]S(=O)(=O)F. The second-order valence-corrected chi connectivity index (χ2v) is 5.32. The first kappa shape index (κ1) is 14.9. The van der Waals surface area contributed by atoms with Crippen LogP contribution in [-0.4, -0.2) is 31.3 Å². The Morgan fingerprint density at radius 2 is 1.25 bits per heavy atom. The molecule has 2 amide bonds. The molecule has 0 bridgehead atoms. The van der Waals surface area contributed by atoms with E-state index in [-0.39, 0.29) is 0 Å². The predicted molar refractivity (Wildman–Crippen MR) is 44.4 cm³/mol. The standard InChI is InChI=1S/CHF2N3O7S3/c2-14(8,9)4-1(7)5-16(12,13)6-15(3,10)11/h(H-,4,5,7)/q-2/p-1. The molecule has 0 atom stereocenters. The molecule has 0 aliphatic heterocycles. The summed E-state index contributed by atoms with van der Waals surface area (Å²) in [7, 11) is -17.1. The maximum absolute atomic E-state index is 11.7. The molecule has 0 rings (SSSR count). The highest BCUT2D eigenvalue weighted by atomic mass is 32.3. The van der Waals surface area contributed by atoms with E-state index in [2.05, 4.69) is 0 Å². The molecule has 0 aromatic heterocycles. The number of rotatable bonds is 4. The van der Waals surface area contributed by atoms with Crippen LogP contribution in [0.5, 0.6) is 0 Å². The van der Waals surface area contributed by atoms with Crippen molar-refractivity contribution in [2.45, 2.75) is 0 Å². The Bertz CT molecular complexity index is 572. The Hall–Kier alpha value is -1.06. The summed E-state index contributed by atoms with van der Waals surface area (Å²) < 4.78 is 87.7. The lowest BCUT2D eigenvalue weighted by atomic mass is 11.2. The van der Waals surface area contributed by atoms with Gasteiger partial charge in [-0.05, 0) is 6.03 Å². The molecule has 0 spiro atoms. The van der Waals surface area contributed by atoms with Crippen LogP contribution >= 0.6 is 0 Å². The summed E-state index contributed by atoms with van der Waals surface area (Å²) in [6.45, 7) is 0. The summed E-state index contributed by atoms with van der Waals surface area (Å²) in [5, 5.41) is 0. The summed E-state index contributed by atoms with van der Waals surface area (Å²) in [6.07, 6.45) is 0. The number of hydrogen-bond donors (Lipinski definition) is 0. The average Bonchev–Trinajstić information content (AvgIpc) is 1.70. The molecule has 0 aliphatic carbocycles. The van der Waals surface area contributed by atoms with E-state index >= 15 is 0 Å². The van der Waals surface area contributed by atoms with Crippen molar-refractivity contribution >= 4 is 37.1 Å². The van der Waals surface area contributed by atoms with E-state index in [1.165, 1.54) is 4.13 Å². The molecule has 0 N–H and O–H groups in total. The number of amides is 2.